The fourth-order valence-corrected chi connectivity index (χ4v) is 6.22. The molecule has 0 unspecified atom stereocenters. The first-order chi connectivity index (χ1) is 11.8. The Morgan fingerprint density at radius 2 is 0.875 bits per heavy atom. The SMILES string of the molecule is FCCCC1CCC(C2CCC(C3CCC(CF)CC3)CC2)CC1. The van der Waals surface area contributed by atoms with Gasteiger partial charge in [-0.25, -0.2) is 0 Å². The van der Waals surface area contributed by atoms with Gasteiger partial charge in [-0.1, -0.05) is 12.8 Å². The van der Waals surface area contributed by atoms with Crippen molar-refractivity contribution in [2.45, 2.75) is 89.9 Å². The third kappa shape index (κ3) is 4.94. The van der Waals surface area contributed by atoms with Gasteiger partial charge in [0.05, 0.1) is 13.3 Å². The molecule has 0 heterocycles. The predicted octanol–water partition coefficient (Wildman–Crippen LogP) is 7.12. The van der Waals surface area contributed by atoms with E-state index in [-0.39, 0.29) is 13.3 Å². The van der Waals surface area contributed by atoms with Crippen LogP contribution in [0.5, 0.6) is 0 Å². The highest BCUT2D eigenvalue weighted by Gasteiger charge is 2.34. The molecule has 24 heavy (non-hydrogen) atoms. The first-order valence-electron chi connectivity index (χ1n) is 10.9. The van der Waals surface area contributed by atoms with Gasteiger partial charge in [-0.05, 0) is 113 Å². The Labute approximate surface area is 148 Å². The molecule has 0 bridgehead atoms. The molecule has 0 radical (unpaired) electrons. The van der Waals surface area contributed by atoms with Crippen molar-refractivity contribution in [3.05, 3.63) is 0 Å². The summed E-state index contributed by atoms with van der Waals surface area (Å²) in [6.07, 6.45) is 18.1. The van der Waals surface area contributed by atoms with Crippen LogP contribution in [0.2, 0.25) is 0 Å². The molecule has 0 amide bonds. The van der Waals surface area contributed by atoms with Crippen LogP contribution in [-0.4, -0.2) is 13.3 Å². The maximum atomic E-state index is 12.8. The molecule has 0 nitrogen and oxygen atoms in total. The van der Waals surface area contributed by atoms with Crippen LogP contribution in [0.15, 0.2) is 0 Å². The minimum absolute atomic E-state index is 0.0898. The van der Waals surface area contributed by atoms with Gasteiger partial charge >= 0.3 is 0 Å². The van der Waals surface area contributed by atoms with Crippen molar-refractivity contribution in [3.8, 4) is 0 Å². The Morgan fingerprint density at radius 3 is 1.25 bits per heavy atom. The van der Waals surface area contributed by atoms with Crippen molar-refractivity contribution in [2.75, 3.05) is 13.3 Å². The largest absolute Gasteiger partial charge is 0.251 e. The van der Waals surface area contributed by atoms with Gasteiger partial charge in [0.25, 0.3) is 0 Å². The maximum absolute atomic E-state index is 12.8. The second-order valence-electron chi connectivity index (χ2n) is 9.22. The lowest BCUT2D eigenvalue weighted by Gasteiger charge is -2.41. The summed E-state index contributed by atoms with van der Waals surface area (Å²) in [4.78, 5) is 0. The van der Waals surface area contributed by atoms with Crippen molar-refractivity contribution >= 4 is 0 Å². The highest BCUT2D eigenvalue weighted by molar-refractivity contribution is 4.85. The van der Waals surface area contributed by atoms with E-state index in [1.807, 2.05) is 0 Å². The monoisotopic (exact) mass is 340 g/mol. The Bertz CT molecular complexity index is 332. The van der Waals surface area contributed by atoms with E-state index in [9.17, 15) is 8.78 Å². The second-order valence-corrected chi connectivity index (χ2v) is 9.22. The number of alkyl halides is 2. The molecule has 140 valence electrons. The summed E-state index contributed by atoms with van der Waals surface area (Å²) in [5.41, 5.74) is 0. The summed E-state index contributed by atoms with van der Waals surface area (Å²) in [6.45, 7) is -0.218. The minimum Gasteiger partial charge on any atom is -0.251 e. The summed E-state index contributed by atoms with van der Waals surface area (Å²) in [7, 11) is 0. The molecule has 0 saturated heterocycles. The van der Waals surface area contributed by atoms with Crippen LogP contribution in [0.4, 0.5) is 8.78 Å². The first kappa shape index (κ1) is 18.6. The van der Waals surface area contributed by atoms with E-state index in [2.05, 4.69) is 0 Å². The van der Waals surface area contributed by atoms with Crippen molar-refractivity contribution in [1.29, 1.82) is 0 Å². The van der Waals surface area contributed by atoms with Crippen LogP contribution in [0.25, 0.3) is 0 Å². The van der Waals surface area contributed by atoms with Crippen LogP contribution in [0, 0.1) is 35.5 Å². The third-order valence-corrected chi connectivity index (χ3v) is 7.90. The fraction of sp³-hybridized carbons (Fsp3) is 1.00. The van der Waals surface area contributed by atoms with Crippen LogP contribution < -0.4 is 0 Å². The molecule has 3 aliphatic carbocycles. The van der Waals surface area contributed by atoms with Crippen LogP contribution >= 0.6 is 0 Å². The average molecular weight is 341 g/mol. The summed E-state index contributed by atoms with van der Waals surface area (Å²) in [5, 5.41) is 0. The van der Waals surface area contributed by atoms with E-state index in [0.29, 0.717) is 5.92 Å². The molecule has 0 N–H and O–H groups in total. The molecule has 0 atom stereocenters. The summed E-state index contributed by atoms with van der Waals surface area (Å²) in [6, 6.07) is 0. The molecule has 0 aromatic heterocycles. The summed E-state index contributed by atoms with van der Waals surface area (Å²) < 4.78 is 25.1. The van der Waals surface area contributed by atoms with Crippen molar-refractivity contribution in [1.82, 2.24) is 0 Å². The summed E-state index contributed by atoms with van der Waals surface area (Å²) >= 11 is 0. The highest BCUT2D eigenvalue weighted by atomic mass is 19.1. The lowest BCUT2D eigenvalue weighted by Crippen LogP contribution is -2.30. The molecule has 0 aromatic rings. The van der Waals surface area contributed by atoms with Gasteiger partial charge < -0.3 is 0 Å². The first-order valence-corrected chi connectivity index (χ1v) is 10.9. The quantitative estimate of drug-likeness (QED) is 0.482. The molecule has 0 spiro atoms. The highest BCUT2D eigenvalue weighted by Crippen LogP contribution is 2.46. The number of hydrogen-bond acceptors (Lipinski definition) is 0. The second kappa shape index (κ2) is 9.53. The lowest BCUT2D eigenvalue weighted by atomic mass is 9.65. The third-order valence-electron chi connectivity index (χ3n) is 7.90. The smallest absolute Gasteiger partial charge is 0.0922 e. The van der Waals surface area contributed by atoms with Gasteiger partial charge in [0.1, 0.15) is 0 Å². The molecular formula is C22H38F2. The predicted molar refractivity (Wildman–Crippen MR) is 97.5 cm³/mol. The molecule has 0 aromatic carbocycles. The maximum Gasteiger partial charge on any atom is 0.0922 e. The Balaban J connectivity index is 1.35. The van der Waals surface area contributed by atoms with Crippen molar-refractivity contribution < 1.29 is 8.78 Å². The van der Waals surface area contributed by atoms with Gasteiger partial charge in [0.2, 0.25) is 0 Å². The van der Waals surface area contributed by atoms with Gasteiger partial charge in [0, 0.05) is 0 Å². The van der Waals surface area contributed by atoms with E-state index >= 15 is 0 Å². The van der Waals surface area contributed by atoms with E-state index < -0.39 is 0 Å². The lowest BCUT2D eigenvalue weighted by molar-refractivity contribution is 0.0997. The normalized spacial score (nSPS) is 41.2. The fourth-order valence-electron chi connectivity index (χ4n) is 6.22. The van der Waals surface area contributed by atoms with Crippen LogP contribution in [0.1, 0.15) is 89.9 Å². The average Bonchev–Trinajstić information content (AvgIpc) is 2.67. The van der Waals surface area contributed by atoms with Crippen molar-refractivity contribution in [2.24, 2.45) is 35.5 Å². The zero-order chi connectivity index (χ0) is 16.8. The van der Waals surface area contributed by atoms with E-state index in [4.69, 9.17) is 0 Å². The molecule has 3 fully saturated rings. The molecule has 0 aliphatic heterocycles. The number of halogens is 2. The Kier molecular flexibility index (Phi) is 7.40. The van der Waals surface area contributed by atoms with Gasteiger partial charge in [-0.3, -0.25) is 8.78 Å². The molecule has 2 heteroatoms. The van der Waals surface area contributed by atoms with E-state index in [0.717, 1.165) is 55.3 Å². The standard InChI is InChI=1S/C22H38F2/c23-15-1-2-17-3-7-19(8-4-17)21-11-13-22(14-12-21)20-9-5-18(16-24)6-10-20/h17-22H,1-16H2. The minimum atomic E-state index is -0.128. The zero-order valence-corrected chi connectivity index (χ0v) is 15.5. The number of hydrogen-bond donors (Lipinski definition) is 0. The summed E-state index contributed by atoms with van der Waals surface area (Å²) in [5.74, 6) is 5.00. The molecule has 3 saturated carbocycles. The van der Waals surface area contributed by atoms with Gasteiger partial charge in [-0.15, -0.1) is 0 Å². The van der Waals surface area contributed by atoms with Crippen LogP contribution in [-0.2, 0) is 0 Å². The van der Waals surface area contributed by atoms with Gasteiger partial charge in [-0.2, -0.15) is 0 Å². The van der Waals surface area contributed by atoms with E-state index in [1.165, 1.54) is 64.2 Å². The molecular weight excluding hydrogens is 302 g/mol. The molecule has 3 aliphatic rings. The van der Waals surface area contributed by atoms with Crippen LogP contribution in [0.3, 0.4) is 0 Å². The van der Waals surface area contributed by atoms with Gasteiger partial charge in [0.15, 0.2) is 0 Å². The van der Waals surface area contributed by atoms with E-state index in [1.54, 1.807) is 0 Å². The Hall–Kier alpha value is -0.140. The number of rotatable bonds is 6. The van der Waals surface area contributed by atoms with Crippen molar-refractivity contribution in [3.63, 3.8) is 0 Å². The topological polar surface area (TPSA) is 0 Å². The zero-order valence-electron chi connectivity index (χ0n) is 15.5. The Morgan fingerprint density at radius 1 is 0.500 bits per heavy atom. The molecule has 3 rings (SSSR count).